The van der Waals surface area contributed by atoms with Crippen LogP contribution in [0.25, 0.3) is 0 Å². The number of carbonyl (C=O) groups excluding carboxylic acids is 1. The molecule has 7 heteroatoms. The molecule has 7 nitrogen and oxygen atoms in total. The molecule has 2 heterocycles. The molecule has 1 amide bonds. The van der Waals surface area contributed by atoms with E-state index in [4.69, 9.17) is 5.73 Å². The lowest BCUT2D eigenvalue weighted by Gasteiger charge is -2.17. The van der Waals surface area contributed by atoms with Crippen molar-refractivity contribution >= 4 is 11.7 Å². The minimum absolute atomic E-state index is 0.162. The first-order chi connectivity index (χ1) is 9.52. The number of nitrogens with two attached hydrogens (primary N) is 1. The molecule has 0 fully saturated rings. The maximum absolute atomic E-state index is 11.1. The highest BCUT2D eigenvalue weighted by Crippen LogP contribution is 2.14. The summed E-state index contributed by atoms with van der Waals surface area (Å²) in [5.41, 5.74) is 7.61. The molecule has 0 bridgehead atoms. The van der Waals surface area contributed by atoms with E-state index in [1.165, 1.54) is 6.20 Å². The Morgan fingerprint density at radius 1 is 1.40 bits per heavy atom. The molecule has 0 saturated heterocycles. The van der Waals surface area contributed by atoms with Crippen molar-refractivity contribution in [1.29, 1.82) is 0 Å². The summed E-state index contributed by atoms with van der Waals surface area (Å²) in [6, 6.07) is 0. The number of primary amides is 1. The molecule has 0 unspecified atom stereocenters. The van der Waals surface area contributed by atoms with Crippen molar-refractivity contribution in [2.45, 2.75) is 26.9 Å². The second kappa shape index (κ2) is 5.68. The third kappa shape index (κ3) is 2.76. The van der Waals surface area contributed by atoms with Crippen LogP contribution in [0.2, 0.25) is 0 Å². The Hall–Kier alpha value is -2.44. The Morgan fingerprint density at radius 2 is 2.15 bits per heavy atom. The average molecular weight is 274 g/mol. The standard InChI is InChI=1S/C13H18N6O/c1-4-19-9(2)10(5-16-19)8-18(3)12-7-15-6-11(17-12)13(14)20/h5-7H,4,8H2,1-3H3,(H2,14,20). The van der Waals surface area contributed by atoms with Crippen LogP contribution in [0.4, 0.5) is 5.82 Å². The largest absolute Gasteiger partial charge is 0.364 e. The van der Waals surface area contributed by atoms with E-state index in [1.807, 2.05) is 29.7 Å². The van der Waals surface area contributed by atoms with E-state index in [9.17, 15) is 4.79 Å². The molecule has 106 valence electrons. The zero-order chi connectivity index (χ0) is 14.7. The fraction of sp³-hybridized carbons (Fsp3) is 0.385. The lowest BCUT2D eigenvalue weighted by atomic mass is 10.2. The molecule has 0 aliphatic rings. The Morgan fingerprint density at radius 3 is 2.75 bits per heavy atom. The summed E-state index contributed by atoms with van der Waals surface area (Å²) in [5, 5.41) is 4.31. The predicted octanol–water partition coefficient (Wildman–Crippen LogP) is 0.737. The number of aromatic nitrogens is 4. The van der Waals surface area contributed by atoms with Gasteiger partial charge in [0, 0.05) is 31.4 Å². The van der Waals surface area contributed by atoms with Gasteiger partial charge in [-0.05, 0) is 13.8 Å². The molecule has 0 saturated carbocycles. The number of hydrogen-bond donors (Lipinski definition) is 1. The summed E-state index contributed by atoms with van der Waals surface area (Å²) in [6.07, 6.45) is 4.81. The van der Waals surface area contributed by atoms with Gasteiger partial charge in [-0.15, -0.1) is 0 Å². The molecule has 0 atom stereocenters. The molecule has 20 heavy (non-hydrogen) atoms. The fourth-order valence-electron chi connectivity index (χ4n) is 1.95. The van der Waals surface area contributed by atoms with Crippen molar-refractivity contribution in [2.75, 3.05) is 11.9 Å². The van der Waals surface area contributed by atoms with Crippen LogP contribution in [-0.2, 0) is 13.1 Å². The van der Waals surface area contributed by atoms with Crippen LogP contribution >= 0.6 is 0 Å². The molecule has 2 aromatic heterocycles. The highest BCUT2D eigenvalue weighted by Gasteiger charge is 2.11. The van der Waals surface area contributed by atoms with Crippen LogP contribution in [0.5, 0.6) is 0 Å². The first kappa shape index (κ1) is 14.0. The van der Waals surface area contributed by atoms with Crippen LogP contribution in [0, 0.1) is 6.92 Å². The van der Waals surface area contributed by atoms with Crippen LogP contribution in [0.3, 0.4) is 0 Å². The minimum atomic E-state index is -0.581. The number of hydrogen-bond acceptors (Lipinski definition) is 5. The quantitative estimate of drug-likeness (QED) is 0.868. The molecule has 2 N–H and O–H groups in total. The van der Waals surface area contributed by atoms with E-state index in [0.29, 0.717) is 12.4 Å². The second-order valence-corrected chi connectivity index (χ2v) is 4.55. The molecule has 0 radical (unpaired) electrons. The number of amides is 1. The molecular formula is C13H18N6O. The van der Waals surface area contributed by atoms with E-state index >= 15 is 0 Å². The zero-order valence-corrected chi connectivity index (χ0v) is 11.9. The van der Waals surface area contributed by atoms with Gasteiger partial charge in [-0.25, -0.2) is 4.98 Å². The van der Waals surface area contributed by atoms with Gasteiger partial charge in [-0.3, -0.25) is 14.5 Å². The fourth-order valence-corrected chi connectivity index (χ4v) is 1.95. The summed E-state index contributed by atoms with van der Waals surface area (Å²) in [7, 11) is 1.89. The van der Waals surface area contributed by atoms with Crippen molar-refractivity contribution in [2.24, 2.45) is 5.73 Å². The molecule has 0 aliphatic heterocycles. The van der Waals surface area contributed by atoms with Crippen molar-refractivity contribution in [3.63, 3.8) is 0 Å². The minimum Gasteiger partial charge on any atom is -0.364 e. The van der Waals surface area contributed by atoms with Gasteiger partial charge in [0.25, 0.3) is 5.91 Å². The van der Waals surface area contributed by atoms with Gasteiger partial charge < -0.3 is 10.6 Å². The van der Waals surface area contributed by atoms with E-state index in [-0.39, 0.29) is 5.69 Å². The maximum Gasteiger partial charge on any atom is 0.268 e. The molecule has 0 aliphatic carbocycles. The smallest absolute Gasteiger partial charge is 0.268 e. The molecular weight excluding hydrogens is 256 g/mol. The first-order valence-electron chi connectivity index (χ1n) is 6.37. The number of rotatable bonds is 5. The molecule has 0 spiro atoms. The molecule has 2 aromatic rings. The van der Waals surface area contributed by atoms with Gasteiger partial charge in [0.05, 0.1) is 18.6 Å². The van der Waals surface area contributed by atoms with Crippen molar-refractivity contribution in [3.05, 3.63) is 35.5 Å². The summed E-state index contributed by atoms with van der Waals surface area (Å²) >= 11 is 0. The van der Waals surface area contributed by atoms with E-state index < -0.39 is 5.91 Å². The SMILES string of the molecule is CCn1ncc(CN(C)c2cncc(C(N)=O)n2)c1C. The van der Waals surface area contributed by atoms with Gasteiger partial charge in [-0.2, -0.15) is 5.10 Å². The topological polar surface area (TPSA) is 89.9 Å². The summed E-state index contributed by atoms with van der Waals surface area (Å²) < 4.78 is 1.94. The van der Waals surface area contributed by atoms with Crippen molar-refractivity contribution in [3.8, 4) is 0 Å². The average Bonchev–Trinajstić information content (AvgIpc) is 2.79. The van der Waals surface area contributed by atoms with Gasteiger partial charge >= 0.3 is 0 Å². The monoisotopic (exact) mass is 274 g/mol. The first-order valence-corrected chi connectivity index (χ1v) is 6.37. The number of nitrogens with zero attached hydrogens (tertiary/aromatic N) is 5. The third-order valence-corrected chi connectivity index (χ3v) is 3.18. The highest BCUT2D eigenvalue weighted by molar-refractivity contribution is 5.90. The van der Waals surface area contributed by atoms with E-state index in [1.54, 1.807) is 6.20 Å². The van der Waals surface area contributed by atoms with Gasteiger partial charge in [0.2, 0.25) is 0 Å². The highest BCUT2D eigenvalue weighted by atomic mass is 16.1. The summed E-state index contributed by atoms with van der Waals surface area (Å²) in [6.45, 7) is 5.57. The van der Waals surface area contributed by atoms with E-state index in [0.717, 1.165) is 17.8 Å². The Balaban J connectivity index is 2.19. The lowest BCUT2D eigenvalue weighted by Crippen LogP contribution is -2.21. The van der Waals surface area contributed by atoms with E-state index in [2.05, 4.69) is 22.0 Å². The summed E-state index contributed by atoms with van der Waals surface area (Å²) in [5.74, 6) is 0.0210. The van der Waals surface area contributed by atoms with Crippen molar-refractivity contribution in [1.82, 2.24) is 19.7 Å². The van der Waals surface area contributed by atoms with Gasteiger partial charge in [-0.1, -0.05) is 0 Å². The van der Waals surface area contributed by atoms with Gasteiger partial charge in [0.1, 0.15) is 11.5 Å². The normalized spacial score (nSPS) is 10.6. The van der Waals surface area contributed by atoms with Crippen LogP contribution in [-0.4, -0.2) is 32.7 Å². The van der Waals surface area contributed by atoms with Crippen LogP contribution < -0.4 is 10.6 Å². The third-order valence-electron chi connectivity index (χ3n) is 3.18. The van der Waals surface area contributed by atoms with Crippen LogP contribution in [0.15, 0.2) is 18.6 Å². The molecule has 0 aromatic carbocycles. The maximum atomic E-state index is 11.1. The summed E-state index contributed by atoms with van der Waals surface area (Å²) in [4.78, 5) is 21.2. The number of carbonyl (C=O) groups is 1. The Kier molecular flexibility index (Phi) is 3.97. The number of anilines is 1. The zero-order valence-electron chi connectivity index (χ0n) is 11.9. The Labute approximate surface area is 117 Å². The molecule has 2 rings (SSSR count). The predicted molar refractivity (Wildman–Crippen MR) is 75.3 cm³/mol. The number of aryl methyl sites for hydroxylation is 1. The van der Waals surface area contributed by atoms with Gasteiger partial charge in [0.15, 0.2) is 0 Å². The second-order valence-electron chi connectivity index (χ2n) is 4.55. The van der Waals surface area contributed by atoms with Crippen molar-refractivity contribution < 1.29 is 4.79 Å². The lowest BCUT2D eigenvalue weighted by molar-refractivity contribution is 0.0995. The van der Waals surface area contributed by atoms with Crippen LogP contribution in [0.1, 0.15) is 28.7 Å². The Bertz CT molecular complexity index is 621.